The van der Waals surface area contributed by atoms with E-state index in [0.29, 0.717) is 13.1 Å². The normalized spacial score (nSPS) is 14.5. The Balaban J connectivity index is 2.08. The second-order valence-corrected chi connectivity index (χ2v) is 6.94. The number of benzene rings is 1. The van der Waals surface area contributed by atoms with Gasteiger partial charge in [0.2, 0.25) is 5.91 Å². The molecule has 25 heavy (non-hydrogen) atoms. The van der Waals surface area contributed by atoms with Crippen LogP contribution in [-0.4, -0.2) is 41.6 Å². The highest BCUT2D eigenvalue weighted by atomic mass is 16.6. The molecule has 1 aromatic rings. The third kappa shape index (κ3) is 5.20. The van der Waals surface area contributed by atoms with Crippen LogP contribution in [0.25, 0.3) is 0 Å². The van der Waals surface area contributed by atoms with Crippen molar-refractivity contribution in [2.75, 3.05) is 7.11 Å². The van der Waals surface area contributed by atoms with Gasteiger partial charge in [0, 0.05) is 13.1 Å². The first-order valence-corrected chi connectivity index (χ1v) is 8.11. The van der Waals surface area contributed by atoms with Crippen LogP contribution in [0.1, 0.15) is 38.3 Å². The second kappa shape index (κ2) is 7.55. The third-order valence-corrected chi connectivity index (χ3v) is 3.74. The van der Waals surface area contributed by atoms with E-state index in [4.69, 9.17) is 4.74 Å². The minimum absolute atomic E-state index is 0.249. The van der Waals surface area contributed by atoms with Crippen LogP contribution in [0, 0.1) is 0 Å². The Morgan fingerprint density at radius 3 is 2.20 bits per heavy atom. The molecule has 0 unspecified atom stereocenters. The van der Waals surface area contributed by atoms with E-state index in [1.165, 1.54) is 7.11 Å². The number of ether oxygens (including phenoxy) is 2. The predicted octanol–water partition coefficient (Wildman–Crippen LogP) is 1.99. The van der Waals surface area contributed by atoms with Gasteiger partial charge in [0.15, 0.2) is 0 Å². The van der Waals surface area contributed by atoms with Crippen LogP contribution in [0.5, 0.6) is 0 Å². The van der Waals surface area contributed by atoms with Crippen LogP contribution in [0.4, 0.5) is 4.79 Å². The summed E-state index contributed by atoms with van der Waals surface area (Å²) in [5.74, 6) is -0.918. The summed E-state index contributed by atoms with van der Waals surface area (Å²) in [6.45, 7) is 6.06. The van der Waals surface area contributed by atoms with Crippen LogP contribution in [0.3, 0.4) is 0 Å². The van der Waals surface area contributed by atoms with Crippen LogP contribution in [-0.2, 0) is 32.2 Å². The molecular weight excluding hydrogens is 324 g/mol. The number of hydrogen-bond donors (Lipinski definition) is 1. The van der Waals surface area contributed by atoms with E-state index in [9.17, 15) is 14.4 Å². The number of fused-ring (bicyclic) bond motifs is 1. The van der Waals surface area contributed by atoms with Crippen LogP contribution in [0.2, 0.25) is 0 Å². The van der Waals surface area contributed by atoms with E-state index in [2.05, 4.69) is 10.1 Å². The number of nitrogens with one attached hydrogen (secondary N) is 1. The average Bonchev–Trinajstić information content (AvgIpc) is 2.95. The van der Waals surface area contributed by atoms with E-state index in [1.807, 2.05) is 24.3 Å². The quantitative estimate of drug-likeness (QED) is 0.841. The van der Waals surface area contributed by atoms with Gasteiger partial charge in [0.1, 0.15) is 11.6 Å². The van der Waals surface area contributed by atoms with E-state index in [1.54, 1.807) is 25.7 Å². The molecule has 1 aliphatic rings. The summed E-state index contributed by atoms with van der Waals surface area (Å²) >= 11 is 0. The lowest BCUT2D eigenvalue weighted by Crippen LogP contribution is -2.49. The van der Waals surface area contributed by atoms with Crippen LogP contribution in [0.15, 0.2) is 24.3 Å². The Morgan fingerprint density at radius 1 is 1.16 bits per heavy atom. The van der Waals surface area contributed by atoms with Gasteiger partial charge in [-0.15, -0.1) is 0 Å². The molecule has 1 heterocycles. The Morgan fingerprint density at radius 2 is 1.72 bits per heavy atom. The maximum absolute atomic E-state index is 12.8. The monoisotopic (exact) mass is 348 g/mol. The Hall–Kier alpha value is -2.57. The molecule has 2 amide bonds. The van der Waals surface area contributed by atoms with Gasteiger partial charge in [-0.05, 0) is 31.9 Å². The van der Waals surface area contributed by atoms with E-state index in [0.717, 1.165) is 11.1 Å². The van der Waals surface area contributed by atoms with Crippen molar-refractivity contribution in [3.63, 3.8) is 0 Å². The molecule has 136 valence electrons. The predicted molar refractivity (Wildman–Crippen MR) is 90.5 cm³/mol. The fourth-order valence-corrected chi connectivity index (χ4v) is 2.61. The molecule has 0 saturated heterocycles. The molecular formula is C18H24N2O5. The largest absolute Gasteiger partial charge is 0.469 e. The summed E-state index contributed by atoms with van der Waals surface area (Å²) in [4.78, 5) is 38.1. The molecule has 1 aromatic carbocycles. The third-order valence-electron chi connectivity index (χ3n) is 3.74. The van der Waals surface area contributed by atoms with E-state index in [-0.39, 0.29) is 12.3 Å². The first kappa shape index (κ1) is 18.8. The van der Waals surface area contributed by atoms with Gasteiger partial charge in [0.25, 0.3) is 0 Å². The zero-order valence-electron chi connectivity index (χ0n) is 15.0. The highest BCUT2D eigenvalue weighted by Crippen LogP contribution is 2.23. The number of amides is 2. The highest BCUT2D eigenvalue weighted by Gasteiger charge is 2.33. The first-order chi connectivity index (χ1) is 11.7. The van der Waals surface area contributed by atoms with Gasteiger partial charge in [-0.1, -0.05) is 24.3 Å². The van der Waals surface area contributed by atoms with Crippen molar-refractivity contribution in [2.45, 2.75) is 51.9 Å². The molecule has 0 aromatic heterocycles. The number of rotatable bonds is 4. The fourth-order valence-electron chi connectivity index (χ4n) is 2.61. The number of alkyl carbamates (subject to hydrolysis) is 1. The van der Waals surface area contributed by atoms with Gasteiger partial charge in [0.05, 0.1) is 13.5 Å². The number of nitrogens with zero attached hydrogens (tertiary/aromatic N) is 1. The van der Waals surface area contributed by atoms with E-state index < -0.39 is 23.7 Å². The molecule has 0 aliphatic carbocycles. The van der Waals surface area contributed by atoms with Crippen molar-refractivity contribution in [3.05, 3.63) is 35.4 Å². The number of carbonyl (C=O) groups excluding carboxylic acids is 3. The molecule has 1 N–H and O–H groups in total. The van der Waals surface area contributed by atoms with Crippen molar-refractivity contribution < 1.29 is 23.9 Å². The zero-order valence-corrected chi connectivity index (χ0v) is 15.0. The Labute approximate surface area is 147 Å². The number of methoxy groups -OCH3 is 1. The number of hydrogen-bond acceptors (Lipinski definition) is 5. The van der Waals surface area contributed by atoms with Gasteiger partial charge < -0.3 is 19.7 Å². The first-order valence-electron chi connectivity index (χ1n) is 8.11. The molecule has 0 spiro atoms. The molecule has 0 radical (unpaired) electrons. The van der Waals surface area contributed by atoms with Gasteiger partial charge in [-0.2, -0.15) is 0 Å². The summed E-state index contributed by atoms with van der Waals surface area (Å²) in [6, 6.07) is 6.71. The van der Waals surface area contributed by atoms with Crippen LogP contribution >= 0.6 is 0 Å². The number of carbonyl (C=O) groups is 3. The average molecular weight is 348 g/mol. The van der Waals surface area contributed by atoms with Gasteiger partial charge in [-0.25, -0.2) is 4.79 Å². The Bertz CT molecular complexity index is 641. The van der Waals surface area contributed by atoms with Crippen molar-refractivity contribution >= 4 is 18.0 Å². The summed E-state index contributed by atoms with van der Waals surface area (Å²) < 4.78 is 9.82. The van der Waals surface area contributed by atoms with Crippen molar-refractivity contribution in [1.82, 2.24) is 10.2 Å². The molecule has 0 bridgehead atoms. The lowest BCUT2D eigenvalue weighted by molar-refractivity contribution is -0.145. The maximum Gasteiger partial charge on any atom is 0.408 e. The molecule has 0 fully saturated rings. The van der Waals surface area contributed by atoms with Crippen LogP contribution < -0.4 is 5.32 Å². The van der Waals surface area contributed by atoms with Crippen molar-refractivity contribution in [1.29, 1.82) is 0 Å². The zero-order chi connectivity index (χ0) is 18.6. The van der Waals surface area contributed by atoms with Crippen molar-refractivity contribution in [3.8, 4) is 0 Å². The minimum Gasteiger partial charge on any atom is -0.469 e. The minimum atomic E-state index is -1.03. The molecule has 2 rings (SSSR count). The lowest BCUT2D eigenvalue weighted by atomic mass is 10.1. The van der Waals surface area contributed by atoms with Gasteiger partial charge >= 0.3 is 12.1 Å². The maximum atomic E-state index is 12.8. The van der Waals surface area contributed by atoms with Gasteiger partial charge in [-0.3, -0.25) is 9.59 Å². The van der Waals surface area contributed by atoms with E-state index >= 15 is 0 Å². The molecule has 0 saturated carbocycles. The number of esters is 1. The molecule has 1 atom stereocenters. The summed E-state index contributed by atoms with van der Waals surface area (Å²) in [5, 5.41) is 2.49. The van der Waals surface area contributed by atoms with Crippen molar-refractivity contribution in [2.24, 2.45) is 0 Å². The highest BCUT2D eigenvalue weighted by molar-refractivity contribution is 5.90. The standard InChI is InChI=1S/C18H24N2O5/c1-18(2,3)25-17(23)19-14(9-15(21)24-4)16(22)20-10-12-7-5-6-8-13(12)11-20/h5-8,14H,9-11H2,1-4H3,(H,19,23)/t14-/m0/s1. The summed E-state index contributed by atoms with van der Waals surface area (Å²) in [7, 11) is 1.24. The second-order valence-electron chi connectivity index (χ2n) is 6.94. The topological polar surface area (TPSA) is 84.9 Å². The molecule has 7 heteroatoms. The summed E-state index contributed by atoms with van der Waals surface area (Å²) in [5.41, 5.74) is 1.42. The SMILES string of the molecule is COC(=O)C[C@H](NC(=O)OC(C)(C)C)C(=O)N1Cc2ccccc2C1. The Kier molecular flexibility index (Phi) is 5.66. The molecule has 7 nitrogen and oxygen atoms in total. The smallest absolute Gasteiger partial charge is 0.408 e. The fraction of sp³-hybridized carbons (Fsp3) is 0.500. The lowest BCUT2D eigenvalue weighted by Gasteiger charge is -2.25. The summed E-state index contributed by atoms with van der Waals surface area (Å²) in [6.07, 6.45) is -0.993. The molecule has 1 aliphatic heterocycles.